The van der Waals surface area contributed by atoms with Crippen molar-refractivity contribution in [3.63, 3.8) is 0 Å². The molecule has 2 fully saturated rings. The molecule has 1 saturated heterocycles. The van der Waals surface area contributed by atoms with Crippen LogP contribution in [0, 0.1) is 11.8 Å². The molecule has 32 heavy (non-hydrogen) atoms. The summed E-state index contributed by atoms with van der Waals surface area (Å²) < 4.78 is 5.58. The van der Waals surface area contributed by atoms with E-state index in [1.807, 2.05) is 39.5 Å². The van der Waals surface area contributed by atoms with E-state index in [1.165, 1.54) is 0 Å². The average molecular weight is 444 g/mol. The molecule has 3 rings (SSSR count). The van der Waals surface area contributed by atoms with Crippen LogP contribution in [0.25, 0.3) is 0 Å². The number of benzene rings is 1. The summed E-state index contributed by atoms with van der Waals surface area (Å²) in [6, 6.07) is 7.15. The Bertz CT molecular complexity index is 825. The molecule has 2 aliphatic rings. The van der Waals surface area contributed by atoms with Gasteiger partial charge in [-0.25, -0.2) is 4.79 Å². The standard InChI is InChI=1S/C25H37N3O4/c1-17(2)28(24(31)32-25(3,4)5)16-18-7-6-14-27(15-18)23(30)20-10-12-21(13-11-20)26-22(29)19-8-9-19/h10-13,17-19H,6-9,14-16H2,1-5H3,(H,26,29). The van der Waals surface area contributed by atoms with Crippen molar-refractivity contribution in [2.45, 2.75) is 71.9 Å². The molecule has 0 aromatic heterocycles. The highest BCUT2D eigenvalue weighted by molar-refractivity contribution is 5.96. The van der Waals surface area contributed by atoms with E-state index < -0.39 is 5.60 Å². The number of anilines is 1. The van der Waals surface area contributed by atoms with Gasteiger partial charge in [-0.1, -0.05) is 0 Å². The Hall–Kier alpha value is -2.57. The lowest BCUT2D eigenvalue weighted by Crippen LogP contribution is -2.48. The Morgan fingerprint density at radius 3 is 2.34 bits per heavy atom. The molecule has 3 amide bonds. The third-order valence-corrected chi connectivity index (χ3v) is 5.86. The first kappa shape index (κ1) is 24.1. The van der Waals surface area contributed by atoms with E-state index >= 15 is 0 Å². The lowest BCUT2D eigenvalue weighted by molar-refractivity contribution is -0.117. The third kappa shape index (κ3) is 6.71. The SMILES string of the molecule is CC(C)N(CC1CCCN(C(=O)c2ccc(NC(=O)C3CC3)cc2)C1)C(=O)OC(C)(C)C. The van der Waals surface area contributed by atoms with Gasteiger partial charge in [0.25, 0.3) is 5.91 Å². The molecule has 1 atom stereocenters. The molecule has 7 nitrogen and oxygen atoms in total. The van der Waals surface area contributed by atoms with Crippen LogP contribution in [-0.4, -0.2) is 59.0 Å². The number of piperidine rings is 1. The average Bonchev–Trinajstić information content (AvgIpc) is 3.56. The molecule has 1 saturated carbocycles. The fourth-order valence-corrected chi connectivity index (χ4v) is 3.96. The van der Waals surface area contributed by atoms with Crippen LogP contribution in [0.5, 0.6) is 0 Å². The van der Waals surface area contributed by atoms with E-state index in [9.17, 15) is 14.4 Å². The number of rotatable bonds is 6. The van der Waals surface area contributed by atoms with E-state index in [0.29, 0.717) is 25.2 Å². The van der Waals surface area contributed by atoms with Gasteiger partial charge in [-0.05, 0) is 90.5 Å². The summed E-state index contributed by atoms with van der Waals surface area (Å²) in [5.41, 5.74) is 0.797. The Morgan fingerprint density at radius 2 is 1.78 bits per heavy atom. The zero-order chi connectivity index (χ0) is 23.5. The lowest BCUT2D eigenvalue weighted by Gasteiger charge is -2.37. The number of hydrogen-bond acceptors (Lipinski definition) is 4. The highest BCUT2D eigenvalue weighted by atomic mass is 16.6. The zero-order valence-electron chi connectivity index (χ0n) is 20.0. The van der Waals surface area contributed by atoms with Gasteiger partial charge in [-0.3, -0.25) is 9.59 Å². The molecule has 1 N–H and O–H groups in total. The maximum absolute atomic E-state index is 13.1. The molecule has 176 valence electrons. The van der Waals surface area contributed by atoms with Crippen LogP contribution in [0.3, 0.4) is 0 Å². The summed E-state index contributed by atoms with van der Waals surface area (Å²) in [5, 5.41) is 2.90. The number of likely N-dealkylation sites (tertiary alicyclic amines) is 1. The normalized spacial score (nSPS) is 18.9. The molecular formula is C25H37N3O4. The van der Waals surface area contributed by atoms with Crippen LogP contribution >= 0.6 is 0 Å². The van der Waals surface area contributed by atoms with Crippen molar-refractivity contribution in [2.75, 3.05) is 25.0 Å². The predicted molar refractivity (Wildman–Crippen MR) is 124 cm³/mol. The van der Waals surface area contributed by atoms with Crippen LogP contribution in [-0.2, 0) is 9.53 Å². The van der Waals surface area contributed by atoms with Crippen LogP contribution in [0.1, 0.15) is 70.7 Å². The number of amides is 3. The van der Waals surface area contributed by atoms with Crippen molar-refractivity contribution in [1.29, 1.82) is 0 Å². The van der Waals surface area contributed by atoms with Crippen LogP contribution in [0.4, 0.5) is 10.5 Å². The Kier molecular flexibility index (Phi) is 7.47. The van der Waals surface area contributed by atoms with Gasteiger partial charge in [-0.2, -0.15) is 0 Å². The third-order valence-electron chi connectivity index (χ3n) is 5.86. The van der Waals surface area contributed by atoms with E-state index in [1.54, 1.807) is 29.2 Å². The number of hydrogen-bond donors (Lipinski definition) is 1. The second kappa shape index (κ2) is 9.92. The molecule has 1 aliphatic heterocycles. The van der Waals surface area contributed by atoms with E-state index in [-0.39, 0.29) is 35.8 Å². The van der Waals surface area contributed by atoms with E-state index in [4.69, 9.17) is 4.74 Å². The van der Waals surface area contributed by atoms with Crippen LogP contribution in [0.15, 0.2) is 24.3 Å². The van der Waals surface area contributed by atoms with Gasteiger partial charge in [-0.15, -0.1) is 0 Å². The van der Waals surface area contributed by atoms with Crippen molar-refractivity contribution in [3.05, 3.63) is 29.8 Å². The fourth-order valence-electron chi connectivity index (χ4n) is 3.96. The van der Waals surface area contributed by atoms with Crippen molar-refractivity contribution in [1.82, 2.24) is 9.80 Å². The molecule has 1 aliphatic carbocycles. The van der Waals surface area contributed by atoms with Gasteiger partial charge in [0.15, 0.2) is 0 Å². The maximum Gasteiger partial charge on any atom is 0.410 e. The number of nitrogens with one attached hydrogen (secondary N) is 1. The van der Waals surface area contributed by atoms with Crippen LogP contribution in [0.2, 0.25) is 0 Å². The summed E-state index contributed by atoms with van der Waals surface area (Å²) in [7, 11) is 0. The van der Waals surface area contributed by atoms with E-state index in [0.717, 1.165) is 31.4 Å². The highest BCUT2D eigenvalue weighted by Crippen LogP contribution is 2.30. The minimum absolute atomic E-state index is 0.0110. The van der Waals surface area contributed by atoms with Gasteiger partial charge < -0.3 is 19.9 Å². The van der Waals surface area contributed by atoms with Gasteiger partial charge in [0.1, 0.15) is 5.60 Å². The zero-order valence-corrected chi connectivity index (χ0v) is 20.0. The summed E-state index contributed by atoms with van der Waals surface area (Å²) in [4.78, 5) is 41.3. The summed E-state index contributed by atoms with van der Waals surface area (Å²) in [6.45, 7) is 11.5. The fraction of sp³-hybridized carbons (Fsp3) is 0.640. The second-order valence-electron chi connectivity index (χ2n) is 10.3. The first-order valence-corrected chi connectivity index (χ1v) is 11.7. The van der Waals surface area contributed by atoms with Gasteiger partial charge >= 0.3 is 6.09 Å². The second-order valence-corrected chi connectivity index (χ2v) is 10.3. The van der Waals surface area contributed by atoms with Gasteiger partial charge in [0.05, 0.1) is 0 Å². The minimum Gasteiger partial charge on any atom is -0.444 e. The molecule has 0 bridgehead atoms. The summed E-state index contributed by atoms with van der Waals surface area (Å²) >= 11 is 0. The maximum atomic E-state index is 13.1. The van der Waals surface area contributed by atoms with Crippen molar-refractivity contribution >= 4 is 23.6 Å². The molecule has 1 unspecified atom stereocenters. The molecule has 7 heteroatoms. The molecule has 0 radical (unpaired) electrons. The number of carbonyl (C=O) groups excluding carboxylic acids is 3. The topological polar surface area (TPSA) is 79.0 Å². The quantitative estimate of drug-likeness (QED) is 0.700. The molecule has 1 aromatic carbocycles. The molecule has 0 spiro atoms. The van der Waals surface area contributed by atoms with Gasteiger partial charge in [0, 0.05) is 42.8 Å². The largest absolute Gasteiger partial charge is 0.444 e. The smallest absolute Gasteiger partial charge is 0.410 e. The lowest BCUT2D eigenvalue weighted by atomic mass is 9.96. The minimum atomic E-state index is -0.539. The molecular weight excluding hydrogens is 406 g/mol. The number of ether oxygens (including phenoxy) is 1. The summed E-state index contributed by atoms with van der Waals surface area (Å²) in [6.07, 6.45) is 3.50. The number of carbonyl (C=O) groups is 3. The monoisotopic (exact) mass is 443 g/mol. The Balaban J connectivity index is 1.58. The van der Waals surface area contributed by atoms with Crippen LogP contribution < -0.4 is 5.32 Å². The first-order chi connectivity index (χ1) is 15.0. The highest BCUT2D eigenvalue weighted by Gasteiger charge is 2.31. The Morgan fingerprint density at radius 1 is 1.12 bits per heavy atom. The molecule has 1 heterocycles. The Labute approximate surface area is 191 Å². The molecule has 1 aromatic rings. The first-order valence-electron chi connectivity index (χ1n) is 11.7. The predicted octanol–water partition coefficient (Wildman–Crippen LogP) is 4.53. The van der Waals surface area contributed by atoms with E-state index in [2.05, 4.69) is 5.32 Å². The van der Waals surface area contributed by atoms with Crippen molar-refractivity contribution in [3.8, 4) is 0 Å². The van der Waals surface area contributed by atoms with Crippen molar-refractivity contribution in [2.24, 2.45) is 11.8 Å². The number of nitrogens with zero attached hydrogens (tertiary/aromatic N) is 2. The van der Waals surface area contributed by atoms with Gasteiger partial charge in [0.2, 0.25) is 5.91 Å². The summed E-state index contributed by atoms with van der Waals surface area (Å²) in [5.74, 6) is 0.401. The van der Waals surface area contributed by atoms with Crippen molar-refractivity contribution < 1.29 is 19.1 Å².